The lowest BCUT2D eigenvalue weighted by atomic mass is 9.85. The smallest absolute Gasteiger partial charge is 0.162 e. The van der Waals surface area contributed by atoms with Crippen molar-refractivity contribution in [2.75, 3.05) is 18.0 Å². The van der Waals surface area contributed by atoms with Gasteiger partial charge in [-0.25, -0.2) is 9.97 Å². The van der Waals surface area contributed by atoms with Crippen molar-refractivity contribution in [3.05, 3.63) is 54.1 Å². The molecule has 0 atom stereocenters. The molecule has 0 spiro atoms. The van der Waals surface area contributed by atoms with E-state index in [-0.39, 0.29) is 5.41 Å². The molecule has 1 fully saturated rings. The van der Waals surface area contributed by atoms with Gasteiger partial charge in [0, 0.05) is 42.8 Å². The number of carbonyl (C=O) groups is 1. The number of aryl methyl sites for hydroxylation is 1. The molecule has 4 heteroatoms. The van der Waals surface area contributed by atoms with Crippen LogP contribution >= 0.6 is 0 Å². The molecule has 1 aliphatic rings. The summed E-state index contributed by atoms with van der Waals surface area (Å²) < 4.78 is 0. The van der Waals surface area contributed by atoms with Gasteiger partial charge < -0.3 is 4.90 Å². The van der Waals surface area contributed by atoms with Crippen LogP contribution in [0.3, 0.4) is 0 Å². The van der Waals surface area contributed by atoms with Crippen molar-refractivity contribution in [2.45, 2.75) is 82.1 Å². The minimum atomic E-state index is 0.0613. The number of aromatic nitrogens is 2. The predicted octanol–water partition coefficient (Wildman–Crippen LogP) is 8.52. The van der Waals surface area contributed by atoms with Gasteiger partial charge in [-0.05, 0) is 30.0 Å². The molecule has 4 rings (SSSR count). The van der Waals surface area contributed by atoms with Gasteiger partial charge in [-0.15, -0.1) is 0 Å². The van der Waals surface area contributed by atoms with Crippen LogP contribution < -0.4 is 4.90 Å². The molecule has 35 heavy (non-hydrogen) atoms. The Hall–Kier alpha value is -2.75. The second-order valence-corrected chi connectivity index (χ2v) is 9.45. The summed E-state index contributed by atoms with van der Waals surface area (Å²) in [5.41, 5.74) is 3.26. The first-order valence-corrected chi connectivity index (χ1v) is 13.4. The van der Waals surface area contributed by atoms with Crippen LogP contribution in [0.25, 0.3) is 22.3 Å². The van der Waals surface area contributed by atoms with Crippen molar-refractivity contribution < 1.29 is 4.79 Å². The number of nitrogens with zero attached hydrogens (tertiary/aromatic N) is 3. The van der Waals surface area contributed by atoms with Crippen molar-refractivity contribution in [1.29, 1.82) is 0 Å². The number of benzene rings is 2. The van der Waals surface area contributed by atoms with E-state index in [2.05, 4.69) is 50.8 Å². The number of para-hydroxylation sites is 1. The number of hydrogen-bond acceptors (Lipinski definition) is 4. The molecular formula is C31H47N3O. The van der Waals surface area contributed by atoms with E-state index in [0.29, 0.717) is 24.5 Å². The van der Waals surface area contributed by atoms with E-state index in [1.54, 1.807) is 0 Å². The molecule has 1 aliphatic heterocycles. The van der Waals surface area contributed by atoms with Crippen molar-refractivity contribution in [1.82, 2.24) is 9.97 Å². The van der Waals surface area contributed by atoms with Crippen LogP contribution in [0, 0.1) is 18.3 Å². The van der Waals surface area contributed by atoms with E-state index < -0.39 is 0 Å². The Labute approximate surface area is 214 Å². The molecule has 0 bridgehead atoms. The third kappa shape index (κ3) is 8.45. The largest absolute Gasteiger partial charge is 0.355 e. The number of anilines is 1. The fourth-order valence-corrected chi connectivity index (χ4v) is 4.10. The summed E-state index contributed by atoms with van der Waals surface area (Å²) in [6, 6.07) is 16.4. The monoisotopic (exact) mass is 477 g/mol. The van der Waals surface area contributed by atoms with E-state index in [9.17, 15) is 4.79 Å². The van der Waals surface area contributed by atoms with Crippen molar-refractivity contribution in [3.8, 4) is 11.4 Å². The molecular weight excluding hydrogens is 430 g/mol. The lowest BCUT2D eigenvalue weighted by molar-refractivity contribution is -0.121. The van der Waals surface area contributed by atoms with Crippen LogP contribution in [0.1, 0.15) is 80.7 Å². The molecule has 1 saturated heterocycles. The van der Waals surface area contributed by atoms with E-state index in [0.717, 1.165) is 41.2 Å². The molecule has 0 aliphatic carbocycles. The summed E-state index contributed by atoms with van der Waals surface area (Å²) in [4.78, 5) is 24.4. The van der Waals surface area contributed by atoms with E-state index in [4.69, 9.17) is 9.97 Å². The fraction of sp³-hybridized carbons (Fsp3) is 0.516. The lowest BCUT2D eigenvalue weighted by Crippen LogP contribution is -2.48. The first-order chi connectivity index (χ1) is 16.8. The van der Waals surface area contributed by atoms with E-state index in [1.807, 2.05) is 71.9 Å². The second kappa shape index (κ2) is 14.6. The molecule has 4 nitrogen and oxygen atoms in total. The molecule has 0 radical (unpaired) electrons. The highest BCUT2D eigenvalue weighted by Gasteiger charge is 2.32. The zero-order valence-electron chi connectivity index (χ0n) is 23.8. The van der Waals surface area contributed by atoms with E-state index >= 15 is 0 Å². The van der Waals surface area contributed by atoms with Gasteiger partial charge >= 0.3 is 0 Å². The average Bonchev–Trinajstić information content (AvgIpc) is 2.83. The summed E-state index contributed by atoms with van der Waals surface area (Å²) in [7, 11) is 0. The minimum Gasteiger partial charge on any atom is -0.355 e. The lowest BCUT2D eigenvalue weighted by Gasteiger charge is -2.40. The summed E-state index contributed by atoms with van der Waals surface area (Å²) in [6.07, 6.45) is 1.32. The van der Waals surface area contributed by atoms with Gasteiger partial charge in [0.1, 0.15) is 11.6 Å². The quantitative estimate of drug-likeness (QED) is 0.369. The topological polar surface area (TPSA) is 46.1 Å². The third-order valence-corrected chi connectivity index (χ3v) is 5.47. The molecule has 0 amide bonds. The average molecular weight is 478 g/mol. The van der Waals surface area contributed by atoms with Crippen LogP contribution in [0.5, 0.6) is 0 Å². The number of hydrogen-bond donors (Lipinski definition) is 0. The van der Waals surface area contributed by atoms with Gasteiger partial charge in [-0.3, -0.25) is 4.79 Å². The van der Waals surface area contributed by atoms with Gasteiger partial charge in [0.05, 0.1) is 5.52 Å². The Balaban J connectivity index is 0.000000949. The molecule has 0 saturated carbocycles. The van der Waals surface area contributed by atoms with Crippen LogP contribution in [0.15, 0.2) is 48.5 Å². The molecule has 0 unspecified atom stereocenters. The molecule has 2 heterocycles. The van der Waals surface area contributed by atoms with Crippen LogP contribution in [-0.2, 0) is 4.79 Å². The fourth-order valence-electron chi connectivity index (χ4n) is 4.10. The Morgan fingerprint density at radius 1 is 0.886 bits per heavy atom. The van der Waals surface area contributed by atoms with Crippen molar-refractivity contribution >= 4 is 22.5 Å². The summed E-state index contributed by atoms with van der Waals surface area (Å²) in [5.74, 6) is 2.54. The van der Waals surface area contributed by atoms with Crippen LogP contribution in [0.4, 0.5) is 5.82 Å². The Bertz CT molecular complexity index is 1050. The second-order valence-electron chi connectivity index (χ2n) is 9.45. The maximum Gasteiger partial charge on any atom is 0.162 e. The summed E-state index contributed by atoms with van der Waals surface area (Å²) in [5, 5.41) is 1.07. The summed E-state index contributed by atoms with van der Waals surface area (Å²) in [6.45, 7) is 22.2. The maximum atomic E-state index is 12.3. The first-order valence-electron chi connectivity index (χ1n) is 13.4. The molecule has 2 aromatic carbocycles. The Morgan fingerprint density at radius 2 is 1.46 bits per heavy atom. The summed E-state index contributed by atoms with van der Waals surface area (Å²) >= 11 is 0. The highest BCUT2D eigenvalue weighted by molar-refractivity contribution is 5.91. The van der Waals surface area contributed by atoms with Gasteiger partial charge in [0.25, 0.3) is 0 Å². The maximum absolute atomic E-state index is 12.3. The minimum absolute atomic E-state index is 0.0613. The van der Waals surface area contributed by atoms with Crippen molar-refractivity contribution in [3.63, 3.8) is 0 Å². The normalized spacial score (nSPS) is 12.8. The highest BCUT2D eigenvalue weighted by Crippen LogP contribution is 2.34. The number of carbonyl (C=O) groups excluding carboxylic acids is 1. The Kier molecular flexibility index (Phi) is 12.6. The van der Waals surface area contributed by atoms with Gasteiger partial charge in [0.2, 0.25) is 0 Å². The molecule has 0 N–H and O–H groups in total. The van der Waals surface area contributed by atoms with Gasteiger partial charge in [-0.1, -0.05) is 98.7 Å². The first kappa shape index (κ1) is 30.3. The van der Waals surface area contributed by atoms with Crippen LogP contribution in [0.2, 0.25) is 0 Å². The SMILES string of the molecule is CC.CC.CC.Cc1ccccc1-c1nc(N2CC(CC(=O)CC(C)(C)C)C2)c2ccccc2n1. The molecule has 1 aromatic heterocycles. The number of ketones is 1. The zero-order valence-corrected chi connectivity index (χ0v) is 23.8. The van der Waals surface area contributed by atoms with Gasteiger partial charge in [0.15, 0.2) is 5.82 Å². The van der Waals surface area contributed by atoms with Crippen LogP contribution in [-0.4, -0.2) is 28.8 Å². The van der Waals surface area contributed by atoms with E-state index in [1.165, 1.54) is 5.56 Å². The number of fused-ring (bicyclic) bond motifs is 1. The third-order valence-electron chi connectivity index (χ3n) is 5.47. The van der Waals surface area contributed by atoms with Crippen molar-refractivity contribution in [2.24, 2.45) is 11.3 Å². The molecule has 192 valence electrons. The van der Waals surface area contributed by atoms with Gasteiger partial charge in [-0.2, -0.15) is 0 Å². The highest BCUT2D eigenvalue weighted by atomic mass is 16.1. The molecule has 3 aromatic rings. The number of rotatable bonds is 5. The Morgan fingerprint density at radius 3 is 2.06 bits per heavy atom. The predicted molar refractivity (Wildman–Crippen MR) is 153 cm³/mol. The number of Topliss-reactive ketones (excluding diaryl/α,β-unsaturated/α-hetero) is 1. The standard InChI is InChI=1S/C25H29N3O.3C2H6/c1-17-9-5-6-10-20(17)23-26-22-12-8-7-11-21(22)24(27-23)28-15-18(16-28)13-19(29)14-25(2,3)4;3*1-2/h5-12,18H,13-16H2,1-4H3;3*1-2H3. The zero-order chi connectivity index (χ0) is 26.6.